The van der Waals surface area contributed by atoms with Crippen LogP contribution in [0.2, 0.25) is 0 Å². The first-order valence-corrected chi connectivity index (χ1v) is 15.5. The summed E-state index contributed by atoms with van der Waals surface area (Å²) in [6, 6.07) is 25.2. The molecule has 1 amide bonds. The highest BCUT2D eigenvalue weighted by Gasteiger charge is 2.26. The van der Waals surface area contributed by atoms with Crippen molar-refractivity contribution >= 4 is 42.8 Å². The highest BCUT2D eigenvalue weighted by atomic mass is 79.9. The van der Waals surface area contributed by atoms with Gasteiger partial charge in [-0.2, -0.15) is 0 Å². The van der Waals surface area contributed by atoms with Crippen LogP contribution in [0.15, 0.2) is 111 Å². The van der Waals surface area contributed by atoms with E-state index in [9.17, 15) is 13.2 Å². The van der Waals surface area contributed by atoms with Crippen LogP contribution in [-0.4, -0.2) is 54.3 Å². The number of furan rings is 1. The molecule has 6 rings (SSSR count). The van der Waals surface area contributed by atoms with Gasteiger partial charge in [0.05, 0.1) is 11.8 Å². The number of nitrogens with zero attached hydrogens (tertiary/aromatic N) is 3. The fourth-order valence-corrected chi connectivity index (χ4v) is 7.44. The molecule has 5 aromatic rings. The SMILES string of the molecule is O=C(c1ccccc1)N1CCN(Cc2cn(S(=O)(=O)c3ccccc3Br)c3ccc(OCc4ccco4)cc23)CC1. The lowest BCUT2D eigenvalue weighted by Gasteiger charge is -2.34. The van der Waals surface area contributed by atoms with Crippen LogP contribution in [0.25, 0.3) is 10.9 Å². The Morgan fingerprint density at radius 2 is 1.66 bits per heavy atom. The van der Waals surface area contributed by atoms with Crippen molar-refractivity contribution in [3.8, 4) is 5.75 Å². The molecule has 0 bridgehead atoms. The van der Waals surface area contributed by atoms with Crippen LogP contribution in [-0.2, 0) is 23.2 Å². The van der Waals surface area contributed by atoms with Gasteiger partial charge < -0.3 is 14.1 Å². The topological polar surface area (TPSA) is 85.0 Å². The summed E-state index contributed by atoms with van der Waals surface area (Å²) >= 11 is 3.40. The minimum Gasteiger partial charge on any atom is -0.486 e. The molecule has 10 heteroatoms. The van der Waals surface area contributed by atoms with Gasteiger partial charge in [0, 0.05) is 54.3 Å². The average Bonchev–Trinajstić information content (AvgIpc) is 3.65. The van der Waals surface area contributed by atoms with E-state index in [1.165, 1.54) is 3.97 Å². The largest absolute Gasteiger partial charge is 0.486 e. The summed E-state index contributed by atoms with van der Waals surface area (Å²) in [7, 11) is -3.88. The standard InChI is InChI=1S/C31H28BrN3O5S/c32-28-10-4-5-11-30(28)41(37,38)35-21-24(27-19-25(12-13-29(27)35)40-22-26-9-6-18-39-26)20-33-14-16-34(17-15-33)31(36)23-7-2-1-3-8-23/h1-13,18-19,21H,14-17,20,22H2. The van der Waals surface area contributed by atoms with Crippen LogP contribution in [0.3, 0.4) is 0 Å². The Balaban J connectivity index is 1.28. The maximum Gasteiger partial charge on any atom is 0.269 e. The maximum atomic E-state index is 13.8. The van der Waals surface area contributed by atoms with Crippen LogP contribution >= 0.6 is 15.9 Å². The summed E-state index contributed by atoms with van der Waals surface area (Å²) in [5, 5.41) is 0.792. The van der Waals surface area contributed by atoms with Crippen LogP contribution in [0, 0.1) is 0 Å². The Hall–Kier alpha value is -3.86. The second kappa shape index (κ2) is 11.6. The van der Waals surface area contributed by atoms with Crippen molar-refractivity contribution in [2.45, 2.75) is 18.0 Å². The summed E-state index contributed by atoms with van der Waals surface area (Å²) in [5.41, 5.74) is 2.12. The van der Waals surface area contributed by atoms with Gasteiger partial charge in [0.2, 0.25) is 0 Å². The molecule has 41 heavy (non-hydrogen) atoms. The summed E-state index contributed by atoms with van der Waals surface area (Å²) in [5.74, 6) is 1.34. The van der Waals surface area contributed by atoms with Crippen molar-refractivity contribution in [3.63, 3.8) is 0 Å². The van der Waals surface area contributed by atoms with Gasteiger partial charge in [-0.3, -0.25) is 9.69 Å². The van der Waals surface area contributed by atoms with Crippen LogP contribution < -0.4 is 4.74 Å². The number of benzene rings is 3. The van der Waals surface area contributed by atoms with Gasteiger partial charge in [-0.05, 0) is 76.1 Å². The van der Waals surface area contributed by atoms with Crippen molar-refractivity contribution < 1.29 is 22.4 Å². The molecule has 0 saturated carbocycles. The zero-order valence-corrected chi connectivity index (χ0v) is 24.6. The average molecular weight is 635 g/mol. The van der Waals surface area contributed by atoms with Gasteiger partial charge in [-0.15, -0.1) is 0 Å². The first kappa shape index (κ1) is 27.3. The van der Waals surface area contributed by atoms with E-state index in [0.717, 1.165) is 10.9 Å². The molecule has 0 aliphatic carbocycles. The number of rotatable bonds is 8. The quantitative estimate of drug-likeness (QED) is 0.216. The molecular weight excluding hydrogens is 606 g/mol. The van der Waals surface area contributed by atoms with Crippen molar-refractivity contribution in [1.29, 1.82) is 0 Å². The Labute approximate surface area is 246 Å². The number of piperazine rings is 1. The molecule has 0 N–H and O–H groups in total. The van der Waals surface area contributed by atoms with E-state index in [0.29, 0.717) is 59.8 Å². The van der Waals surface area contributed by atoms with E-state index in [1.54, 1.807) is 54.9 Å². The van der Waals surface area contributed by atoms with Gasteiger partial charge in [0.1, 0.15) is 23.0 Å². The number of hydrogen-bond acceptors (Lipinski definition) is 6. The van der Waals surface area contributed by atoms with Crippen molar-refractivity contribution in [2.75, 3.05) is 26.2 Å². The Morgan fingerprint density at radius 1 is 0.902 bits per heavy atom. The fraction of sp³-hybridized carbons (Fsp3) is 0.194. The monoisotopic (exact) mass is 633 g/mol. The molecular formula is C31H28BrN3O5S. The zero-order chi connectivity index (χ0) is 28.4. The molecule has 1 aliphatic rings. The number of amides is 1. The number of ether oxygens (including phenoxy) is 1. The fourth-order valence-electron chi connectivity index (χ4n) is 5.08. The van der Waals surface area contributed by atoms with E-state index in [4.69, 9.17) is 9.15 Å². The lowest BCUT2D eigenvalue weighted by molar-refractivity contribution is 0.0629. The Kier molecular flexibility index (Phi) is 7.70. The van der Waals surface area contributed by atoms with Gasteiger partial charge >= 0.3 is 0 Å². The van der Waals surface area contributed by atoms with Gasteiger partial charge in [-0.1, -0.05) is 30.3 Å². The predicted molar refractivity (Wildman–Crippen MR) is 159 cm³/mol. The summed E-state index contributed by atoms with van der Waals surface area (Å²) in [6.07, 6.45) is 3.30. The Morgan fingerprint density at radius 3 is 2.39 bits per heavy atom. The molecule has 1 fully saturated rings. The lowest BCUT2D eigenvalue weighted by Crippen LogP contribution is -2.48. The molecule has 0 spiro atoms. The molecule has 2 aromatic heterocycles. The molecule has 3 heterocycles. The summed E-state index contributed by atoms with van der Waals surface area (Å²) in [4.78, 5) is 17.2. The number of carbonyl (C=O) groups is 1. The van der Waals surface area contributed by atoms with Crippen molar-refractivity contribution in [1.82, 2.24) is 13.8 Å². The van der Waals surface area contributed by atoms with E-state index < -0.39 is 10.0 Å². The zero-order valence-electron chi connectivity index (χ0n) is 22.1. The molecule has 0 unspecified atom stereocenters. The van der Waals surface area contributed by atoms with Gasteiger partial charge in [0.25, 0.3) is 15.9 Å². The molecule has 0 atom stereocenters. The summed E-state index contributed by atoms with van der Waals surface area (Å²) < 4.78 is 40.8. The molecule has 0 radical (unpaired) electrons. The number of halogens is 1. The minimum atomic E-state index is -3.88. The number of carbonyl (C=O) groups excluding carboxylic acids is 1. The number of aromatic nitrogens is 1. The van der Waals surface area contributed by atoms with E-state index in [1.807, 2.05) is 47.4 Å². The van der Waals surface area contributed by atoms with Crippen LogP contribution in [0.1, 0.15) is 21.7 Å². The third-order valence-corrected chi connectivity index (χ3v) is 9.92. The molecule has 8 nitrogen and oxygen atoms in total. The molecule has 1 saturated heterocycles. The molecule has 3 aromatic carbocycles. The lowest BCUT2D eigenvalue weighted by atomic mass is 10.1. The van der Waals surface area contributed by atoms with Crippen molar-refractivity contribution in [3.05, 3.63) is 119 Å². The maximum absolute atomic E-state index is 13.8. The van der Waals surface area contributed by atoms with Gasteiger partial charge in [0.15, 0.2) is 0 Å². The summed E-state index contributed by atoms with van der Waals surface area (Å²) in [6.45, 7) is 3.34. The van der Waals surface area contributed by atoms with E-state index >= 15 is 0 Å². The molecule has 210 valence electrons. The highest BCUT2D eigenvalue weighted by Crippen LogP contribution is 2.32. The highest BCUT2D eigenvalue weighted by molar-refractivity contribution is 9.10. The third-order valence-electron chi connectivity index (χ3n) is 7.23. The third kappa shape index (κ3) is 5.68. The molecule has 1 aliphatic heterocycles. The minimum absolute atomic E-state index is 0.0275. The van der Waals surface area contributed by atoms with Crippen molar-refractivity contribution in [2.24, 2.45) is 0 Å². The number of hydrogen-bond donors (Lipinski definition) is 0. The van der Waals surface area contributed by atoms with Crippen LogP contribution in [0.4, 0.5) is 0 Å². The Bertz CT molecular complexity index is 1780. The van der Waals surface area contributed by atoms with Gasteiger partial charge in [-0.25, -0.2) is 12.4 Å². The van der Waals surface area contributed by atoms with Crippen LogP contribution in [0.5, 0.6) is 5.75 Å². The second-order valence-corrected chi connectivity index (χ2v) is 12.5. The smallest absolute Gasteiger partial charge is 0.269 e. The van der Waals surface area contributed by atoms with E-state index in [-0.39, 0.29) is 17.4 Å². The predicted octanol–water partition coefficient (Wildman–Crippen LogP) is 5.77. The van der Waals surface area contributed by atoms with E-state index in [2.05, 4.69) is 20.8 Å². The number of fused-ring (bicyclic) bond motifs is 1. The second-order valence-electron chi connectivity index (χ2n) is 9.87. The normalized spacial score (nSPS) is 14.4. The first-order chi connectivity index (χ1) is 19.9. The first-order valence-electron chi connectivity index (χ1n) is 13.3.